The molecule has 0 N–H and O–H groups in total. The summed E-state index contributed by atoms with van der Waals surface area (Å²) in [6.07, 6.45) is 3.08. The van der Waals surface area contributed by atoms with Crippen molar-refractivity contribution in [3.8, 4) is 0 Å². The van der Waals surface area contributed by atoms with Gasteiger partial charge in [-0.2, -0.15) is 0 Å². The molecule has 0 aromatic heterocycles. The molecule has 0 aromatic carbocycles. The van der Waals surface area contributed by atoms with Gasteiger partial charge in [0.05, 0.1) is 6.10 Å². The zero-order valence-corrected chi connectivity index (χ0v) is 9.42. The molecule has 0 aliphatic carbocycles. The van der Waals surface area contributed by atoms with E-state index in [1.165, 1.54) is 25.9 Å². The van der Waals surface area contributed by atoms with Crippen LogP contribution in [0, 0.1) is 5.92 Å². The predicted molar refractivity (Wildman–Crippen MR) is 55.9 cm³/mol. The Labute approximate surface area is 82.3 Å². The van der Waals surface area contributed by atoms with Crippen LogP contribution in [0.5, 0.6) is 0 Å². The van der Waals surface area contributed by atoms with Crippen LogP contribution >= 0.6 is 0 Å². The first-order chi connectivity index (χ1) is 6.16. The third-order valence-corrected chi connectivity index (χ3v) is 3.10. The highest BCUT2D eigenvalue weighted by Crippen LogP contribution is 2.21. The van der Waals surface area contributed by atoms with Crippen LogP contribution in [-0.4, -0.2) is 37.2 Å². The molecule has 0 spiro atoms. The second-order valence-electron chi connectivity index (χ2n) is 4.42. The van der Waals surface area contributed by atoms with Crippen LogP contribution < -0.4 is 0 Å². The van der Waals surface area contributed by atoms with Crippen molar-refractivity contribution in [2.24, 2.45) is 5.92 Å². The largest absolute Gasteiger partial charge is 0.380 e. The zero-order valence-electron chi connectivity index (χ0n) is 9.42. The highest BCUT2D eigenvalue weighted by Gasteiger charge is 2.28. The van der Waals surface area contributed by atoms with E-state index in [0.717, 1.165) is 0 Å². The number of hydrogen-bond donors (Lipinski definition) is 0. The Morgan fingerprint density at radius 1 is 1.08 bits per heavy atom. The molecule has 0 saturated carbocycles. The maximum Gasteiger partial charge on any atom is 0.0700 e. The minimum Gasteiger partial charge on any atom is -0.380 e. The molecule has 1 fully saturated rings. The van der Waals surface area contributed by atoms with Gasteiger partial charge in [-0.25, -0.2) is 0 Å². The molecule has 1 rings (SSSR count). The summed E-state index contributed by atoms with van der Waals surface area (Å²) in [6.45, 7) is 9.28. The number of nitrogens with zero attached hydrogens (tertiary/aromatic N) is 1. The fourth-order valence-electron chi connectivity index (χ4n) is 2.44. The van der Waals surface area contributed by atoms with Gasteiger partial charge in [0.1, 0.15) is 0 Å². The smallest absolute Gasteiger partial charge is 0.0700 e. The van der Waals surface area contributed by atoms with Crippen molar-refractivity contribution in [2.75, 3.05) is 20.2 Å². The summed E-state index contributed by atoms with van der Waals surface area (Å²) in [5.41, 5.74) is 0. The Morgan fingerprint density at radius 2 is 1.62 bits per heavy atom. The average molecular weight is 185 g/mol. The summed E-state index contributed by atoms with van der Waals surface area (Å²) in [6, 6.07) is 0.604. The van der Waals surface area contributed by atoms with Crippen LogP contribution in [0.1, 0.15) is 33.6 Å². The average Bonchev–Trinajstić information content (AvgIpc) is 2.56. The third-order valence-electron chi connectivity index (χ3n) is 3.10. The molecule has 1 aliphatic heterocycles. The summed E-state index contributed by atoms with van der Waals surface area (Å²) in [4.78, 5) is 2.58. The maximum atomic E-state index is 5.44. The molecule has 0 radical (unpaired) electrons. The van der Waals surface area contributed by atoms with E-state index in [-0.39, 0.29) is 0 Å². The molecule has 0 amide bonds. The molecule has 2 atom stereocenters. The highest BCUT2D eigenvalue weighted by molar-refractivity contribution is 4.83. The maximum absolute atomic E-state index is 5.44. The van der Waals surface area contributed by atoms with Crippen molar-refractivity contribution in [1.29, 1.82) is 0 Å². The standard InChI is InChI=1S/C11H23NO/c1-9(2)11(10(3)13-4)12-7-5-6-8-12/h9-11H,5-8H2,1-4H3. The fourth-order valence-corrected chi connectivity index (χ4v) is 2.44. The van der Waals surface area contributed by atoms with E-state index >= 15 is 0 Å². The minimum atomic E-state index is 0.359. The molecular weight excluding hydrogens is 162 g/mol. The third kappa shape index (κ3) is 2.68. The molecule has 2 heteroatoms. The van der Waals surface area contributed by atoms with Crippen molar-refractivity contribution in [3.63, 3.8) is 0 Å². The lowest BCUT2D eigenvalue weighted by molar-refractivity contribution is 0.0143. The number of ether oxygens (including phenoxy) is 1. The molecule has 2 unspecified atom stereocenters. The number of rotatable bonds is 4. The van der Waals surface area contributed by atoms with Crippen LogP contribution in [0.4, 0.5) is 0 Å². The van der Waals surface area contributed by atoms with Crippen LogP contribution in [0.2, 0.25) is 0 Å². The molecule has 1 heterocycles. The molecule has 0 bridgehead atoms. The van der Waals surface area contributed by atoms with Crippen LogP contribution in [0.15, 0.2) is 0 Å². The van der Waals surface area contributed by atoms with E-state index < -0.39 is 0 Å². The molecule has 78 valence electrons. The van der Waals surface area contributed by atoms with Crippen molar-refractivity contribution >= 4 is 0 Å². The Morgan fingerprint density at radius 3 is 2.00 bits per heavy atom. The van der Waals surface area contributed by atoms with Gasteiger partial charge in [-0.1, -0.05) is 13.8 Å². The van der Waals surface area contributed by atoms with E-state index in [1.54, 1.807) is 0 Å². The summed E-state index contributed by atoms with van der Waals surface area (Å²) >= 11 is 0. The van der Waals surface area contributed by atoms with E-state index in [1.807, 2.05) is 7.11 Å². The SMILES string of the molecule is COC(C)C(C(C)C)N1CCCC1. The summed E-state index contributed by atoms with van der Waals surface area (Å²) in [7, 11) is 1.82. The monoisotopic (exact) mass is 185 g/mol. The molecule has 2 nitrogen and oxygen atoms in total. The Hall–Kier alpha value is -0.0800. The Kier molecular flexibility index (Phi) is 4.20. The van der Waals surface area contributed by atoms with Crippen molar-refractivity contribution in [1.82, 2.24) is 4.90 Å². The quantitative estimate of drug-likeness (QED) is 0.665. The van der Waals surface area contributed by atoms with E-state index in [4.69, 9.17) is 4.74 Å². The summed E-state index contributed by atoms with van der Waals surface area (Å²) in [5.74, 6) is 0.688. The van der Waals surface area contributed by atoms with Crippen molar-refractivity contribution in [2.45, 2.75) is 45.8 Å². The summed E-state index contributed by atoms with van der Waals surface area (Å²) < 4.78 is 5.44. The van der Waals surface area contributed by atoms with Gasteiger partial charge in [0.15, 0.2) is 0 Å². The second-order valence-corrected chi connectivity index (χ2v) is 4.42. The Balaban J connectivity index is 2.55. The predicted octanol–water partition coefficient (Wildman–Crippen LogP) is 2.14. The zero-order chi connectivity index (χ0) is 9.84. The van der Waals surface area contributed by atoms with Crippen molar-refractivity contribution in [3.05, 3.63) is 0 Å². The van der Waals surface area contributed by atoms with Crippen LogP contribution in [-0.2, 0) is 4.74 Å². The van der Waals surface area contributed by atoms with Gasteiger partial charge < -0.3 is 4.74 Å². The van der Waals surface area contributed by atoms with Crippen LogP contribution in [0.25, 0.3) is 0 Å². The first-order valence-electron chi connectivity index (χ1n) is 5.43. The Bertz CT molecular complexity index is 141. The lowest BCUT2D eigenvalue weighted by atomic mass is 9.98. The number of likely N-dealkylation sites (tertiary alicyclic amines) is 1. The minimum absolute atomic E-state index is 0.359. The molecular formula is C11H23NO. The highest BCUT2D eigenvalue weighted by atomic mass is 16.5. The number of hydrogen-bond acceptors (Lipinski definition) is 2. The lowest BCUT2D eigenvalue weighted by Crippen LogP contribution is -2.45. The topological polar surface area (TPSA) is 12.5 Å². The molecule has 1 saturated heterocycles. The molecule has 0 aromatic rings. The first-order valence-corrected chi connectivity index (χ1v) is 5.43. The van der Waals surface area contributed by atoms with E-state index in [0.29, 0.717) is 18.1 Å². The van der Waals surface area contributed by atoms with Crippen LogP contribution in [0.3, 0.4) is 0 Å². The molecule has 1 aliphatic rings. The van der Waals surface area contributed by atoms with Gasteiger partial charge in [-0.05, 0) is 38.8 Å². The lowest BCUT2D eigenvalue weighted by Gasteiger charge is -2.34. The second kappa shape index (κ2) is 4.97. The van der Waals surface area contributed by atoms with E-state index in [2.05, 4.69) is 25.7 Å². The number of methoxy groups -OCH3 is 1. The van der Waals surface area contributed by atoms with Gasteiger partial charge in [-0.3, -0.25) is 4.90 Å². The van der Waals surface area contributed by atoms with Gasteiger partial charge in [0.2, 0.25) is 0 Å². The summed E-state index contributed by atoms with van der Waals surface area (Å²) in [5, 5.41) is 0. The van der Waals surface area contributed by atoms with Gasteiger partial charge in [-0.15, -0.1) is 0 Å². The molecule has 13 heavy (non-hydrogen) atoms. The normalized spacial score (nSPS) is 23.8. The first kappa shape index (κ1) is 11.0. The fraction of sp³-hybridized carbons (Fsp3) is 1.00. The van der Waals surface area contributed by atoms with Gasteiger partial charge in [0, 0.05) is 13.2 Å². The van der Waals surface area contributed by atoms with Crippen molar-refractivity contribution < 1.29 is 4.74 Å². The van der Waals surface area contributed by atoms with Gasteiger partial charge in [0.25, 0.3) is 0 Å². The van der Waals surface area contributed by atoms with Gasteiger partial charge >= 0.3 is 0 Å². The van der Waals surface area contributed by atoms with E-state index in [9.17, 15) is 0 Å².